The van der Waals surface area contributed by atoms with E-state index in [9.17, 15) is 13.2 Å². The molecule has 0 spiro atoms. The van der Waals surface area contributed by atoms with Crippen molar-refractivity contribution in [3.8, 4) is 5.75 Å². The molecular formula is C23H21BrIN3O4S. The number of carbonyl (C=O) groups excluding carboxylic acids is 1. The summed E-state index contributed by atoms with van der Waals surface area (Å²) in [4.78, 5) is 12.7. The highest BCUT2D eigenvalue weighted by atomic mass is 127. The minimum Gasteiger partial charge on any atom is -0.495 e. The zero-order chi connectivity index (χ0) is 24.0. The Morgan fingerprint density at radius 2 is 1.82 bits per heavy atom. The molecule has 3 rings (SSSR count). The summed E-state index contributed by atoms with van der Waals surface area (Å²) in [6, 6.07) is 20.8. The lowest BCUT2D eigenvalue weighted by Gasteiger charge is -2.24. The lowest BCUT2D eigenvalue weighted by Crippen LogP contribution is -2.40. The molecule has 3 aromatic carbocycles. The van der Waals surface area contributed by atoms with Crippen molar-refractivity contribution in [3.63, 3.8) is 0 Å². The first kappa shape index (κ1) is 25.2. The third-order valence-corrected chi connectivity index (χ3v) is 7.58. The fraction of sp³-hybridized carbons (Fsp3) is 0.130. The average Bonchev–Trinajstić information content (AvgIpc) is 2.81. The molecule has 0 bridgehead atoms. The number of hydrazone groups is 1. The van der Waals surface area contributed by atoms with Crippen molar-refractivity contribution in [3.05, 3.63) is 86.4 Å². The van der Waals surface area contributed by atoms with E-state index in [0.29, 0.717) is 15.9 Å². The molecule has 0 aliphatic rings. The summed E-state index contributed by atoms with van der Waals surface area (Å²) >= 11 is 5.50. The highest BCUT2D eigenvalue weighted by Crippen LogP contribution is 2.32. The molecule has 10 heteroatoms. The van der Waals surface area contributed by atoms with E-state index in [1.165, 1.54) is 13.2 Å². The van der Waals surface area contributed by atoms with Crippen LogP contribution in [0.5, 0.6) is 5.75 Å². The van der Waals surface area contributed by atoms with E-state index in [0.717, 1.165) is 13.4 Å². The number of methoxy groups -OCH3 is 1. The van der Waals surface area contributed by atoms with E-state index in [1.54, 1.807) is 49.4 Å². The highest BCUT2D eigenvalue weighted by Gasteiger charge is 2.30. The second kappa shape index (κ2) is 11.1. The normalized spacial score (nSPS) is 11.7. The number of nitrogens with one attached hydrogen (secondary N) is 1. The molecule has 0 atom stereocenters. The number of anilines is 1. The summed E-state index contributed by atoms with van der Waals surface area (Å²) in [5, 5.41) is 4.14. The van der Waals surface area contributed by atoms with Crippen LogP contribution in [0.1, 0.15) is 12.5 Å². The monoisotopic (exact) mass is 641 g/mol. The predicted molar refractivity (Wildman–Crippen MR) is 141 cm³/mol. The van der Waals surface area contributed by atoms with Crippen molar-refractivity contribution in [2.75, 3.05) is 18.0 Å². The SMILES string of the molecule is COc1ccc(Br)cc1S(=O)(=O)N(CC(=O)N/N=C(/C)c1cccc(I)c1)c1ccccc1. The number of ether oxygens (including phenoxy) is 1. The number of amides is 1. The summed E-state index contributed by atoms with van der Waals surface area (Å²) in [6.45, 7) is 1.30. The van der Waals surface area contributed by atoms with Crippen LogP contribution in [0.15, 0.2) is 87.3 Å². The van der Waals surface area contributed by atoms with Gasteiger partial charge in [0, 0.05) is 8.04 Å². The van der Waals surface area contributed by atoms with Crippen molar-refractivity contribution in [2.45, 2.75) is 11.8 Å². The maximum absolute atomic E-state index is 13.6. The first-order valence-electron chi connectivity index (χ1n) is 9.73. The Morgan fingerprint density at radius 3 is 2.48 bits per heavy atom. The van der Waals surface area contributed by atoms with Crippen LogP contribution >= 0.6 is 38.5 Å². The number of carbonyl (C=O) groups is 1. The number of hydrogen-bond donors (Lipinski definition) is 1. The number of benzene rings is 3. The molecule has 7 nitrogen and oxygen atoms in total. The molecule has 0 saturated heterocycles. The predicted octanol–water partition coefficient (Wildman–Crippen LogP) is 4.80. The average molecular weight is 642 g/mol. The van der Waals surface area contributed by atoms with Crippen LogP contribution < -0.4 is 14.5 Å². The van der Waals surface area contributed by atoms with Gasteiger partial charge in [-0.2, -0.15) is 5.10 Å². The minimum absolute atomic E-state index is 0.0606. The molecule has 0 aromatic heterocycles. The van der Waals surface area contributed by atoms with Crippen molar-refractivity contribution >= 4 is 65.9 Å². The van der Waals surface area contributed by atoms with Crippen molar-refractivity contribution in [1.82, 2.24) is 5.43 Å². The van der Waals surface area contributed by atoms with Gasteiger partial charge >= 0.3 is 0 Å². The van der Waals surface area contributed by atoms with Gasteiger partial charge < -0.3 is 4.74 Å². The molecule has 172 valence electrons. The van der Waals surface area contributed by atoms with E-state index >= 15 is 0 Å². The Labute approximate surface area is 215 Å². The molecule has 0 aliphatic carbocycles. The fourth-order valence-electron chi connectivity index (χ4n) is 2.97. The summed E-state index contributed by atoms with van der Waals surface area (Å²) in [7, 11) is -2.75. The largest absolute Gasteiger partial charge is 0.495 e. The van der Waals surface area contributed by atoms with Gasteiger partial charge in [0.05, 0.1) is 18.5 Å². The van der Waals surface area contributed by atoms with Gasteiger partial charge in [0.15, 0.2) is 0 Å². The van der Waals surface area contributed by atoms with Crippen LogP contribution in [-0.4, -0.2) is 33.7 Å². The molecule has 0 saturated carbocycles. The third-order valence-electron chi connectivity index (χ3n) is 4.62. The van der Waals surface area contributed by atoms with Crippen molar-refractivity contribution in [2.24, 2.45) is 5.10 Å². The lowest BCUT2D eigenvalue weighted by molar-refractivity contribution is -0.119. The molecule has 3 aromatic rings. The highest BCUT2D eigenvalue weighted by molar-refractivity contribution is 14.1. The number of halogens is 2. The topological polar surface area (TPSA) is 88.1 Å². The molecule has 0 fully saturated rings. The van der Waals surface area contributed by atoms with E-state index in [-0.39, 0.29) is 10.6 Å². The minimum atomic E-state index is -4.14. The van der Waals surface area contributed by atoms with Crippen LogP contribution in [-0.2, 0) is 14.8 Å². The summed E-state index contributed by atoms with van der Waals surface area (Å²) < 4.78 is 35.1. The molecular weight excluding hydrogens is 621 g/mol. The van der Waals surface area contributed by atoms with Gasteiger partial charge in [-0.15, -0.1) is 0 Å². The van der Waals surface area contributed by atoms with Crippen LogP contribution in [0.4, 0.5) is 5.69 Å². The first-order valence-corrected chi connectivity index (χ1v) is 13.0. The molecule has 0 radical (unpaired) electrons. The zero-order valence-corrected chi connectivity index (χ0v) is 22.4. The third kappa shape index (κ3) is 6.33. The Balaban J connectivity index is 1.92. The quantitative estimate of drug-likeness (QED) is 0.218. The van der Waals surface area contributed by atoms with Gasteiger partial charge in [-0.05, 0) is 77.5 Å². The molecule has 1 amide bonds. The van der Waals surface area contributed by atoms with Gasteiger partial charge in [0.25, 0.3) is 15.9 Å². The van der Waals surface area contributed by atoms with Crippen LogP contribution in [0.2, 0.25) is 0 Å². The zero-order valence-electron chi connectivity index (χ0n) is 17.8. The standard InChI is InChI=1S/C23H21BrIN3O4S/c1-16(17-7-6-8-19(25)13-17)26-27-23(29)15-28(20-9-4-3-5-10-20)33(30,31)22-14-18(24)11-12-21(22)32-2/h3-14H,15H2,1-2H3,(H,27,29)/b26-16-. The maximum Gasteiger partial charge on any atom is 0.268 e. The fourth-order valence-corrected chi connectivity index (χ4v) is 5.63. The number of rotatable bonds is 8. The van der Waals surface area contributed by atoms with E-state index < -0.39 is 22.5 Å². The first-order chi connectivity index (χ1) is 15.7. The van der Waals surface area contributed by atoms with Crippen molar-refractivity contribution in [1.29, 1.82) is 0 Å². The second-order valence-electron chi connectivity index (χ2n) is 6.88. The Bertz CT molecular complexity index is 1280. The molecule has 33 heavy (non-hydrogen) atoms. The number of nitrogens with zero attached hydrogens (tertiary/aromatic N) is 2. The van der Waals surface area contributed by atoms with E-state index in [2.05, 4.69) is 49.0 Å². The summed E-state index contributed by atoms with van der Waals surface area (Å²) in [5.41, 5.74) is 4.26. The van der Waals surface area contributed by atoms with Crippen LogP contribution in [0, 0.1) is 3.57 Å². The Kier molecular flexibility index (Phi) is 8.49. The van der Waals surface area contributed by atoms with Crippen LogP contribution in [0.3, 0.4) is 0 Å². The van der Waals surface area contributed by atoms with Gasteiger partial charge in [0.2, 0.25) is 0 Å². The summed E-state index contributed by atoms with van der Waals surface area (Å²) in [6.07, 6.45) is 0. The van der Waals surface area contributed by atoms with E-state index in [4.69, 9.17) is 4.74 Å². The molecule has 0 unspecified atom stereocenters. The Hall–Kier alpha value is -2.44. The molecule has 0 aliphatic heterocycles. The smallest absolute Gasteiger partial charge is 0.268 e. The number of para-hydroxylation sites is 1. The Morgan fingerprint density at radius 1 is 1.09 bits per heavy atom. The number of hydrogen-bond acceptors (Lipinski definition) is 5. The van der Waals surface area contributed by atoms with E-state index in [1.807, 2.05) is 24.3 Å². The van der Waals surface area contributed by atoms with Gasteiger partial charge in [-0.1, -0.05) is 46.3 Å². The lowest BCUT2D eigenvalue weighted by atomic mass is 10.1. The number of sulfonamides is 1. The molecule has 1 N–H and O–H groups in total. The van der Waals surface area contributed by atoms with Gasteiger partial charge in [-0.25, -0.2) is 13.8 Å². The van der Waals surface area contributed by atoms with Crippen LogP contribution in [0.25, 0.3) is 0 Å². The second-order valence-corrected chi connectivity index (χ2v) is 10.9. The maximum atomic E-state index is 13.6. The molecule has 0 heterocycles. The van der Waals surface area contributed by atoms with Crippen molar-refractivity contribution < 1.29 is 17.9 Å². The van der Waals surface area contributed by atoms with Gasteiger partial charge in [0.1, 0.15) is 17.2 Å². The van der Waals surface area contributed by atoms with Gasteiger partial charge in [-0.3, -0.25) is 9.10 Å². The summed E-state index contributed by atoms with van der Waals surface area (Å²) in [5.74, 6) is -0.409.